The van der Waals surface area contributed by atoms with Crippen LogP contribution in [0.1, 0.15) is 46.0 Å². The standard InChI is InChI=1S/C17H21F8N/c1-3-5-6-7-11-15(20,21)16(22,23)17(24,25)26(4-2)13-10-8-9-12(18)14(13)19/h8-10H,3-7,11H2,1-2H3. The quantitative estimate of drug-likeness (QED) is 0.246. The van der Waals surface area contributed by atoms with Crippen molar-refractivity contribution in [3.05, 3.63) is 29.8 Å². The molecule has 0 spiro atoms. The molecule has 1 aromatic carbocycles. The summed E-state index contributed by atoms with van der Waals surface area (Å²) in [6, 6.07) is -3.37. The lowest BCUT2D eigenvalue weighted by atomic mass is 10.0. The molecule has 0 atom stereocenters. The SMILES string of the molecule is CCCCCCC(F)(F)C(F)(F)C(F)(F)N(CC)c1cccc(F)c1F. The van der Waals surface area contributed by atoms with Crippen molar-refractivity contribution in [3.63, 3.8) is 0 Å². The number of anilines is 1. The Balaban J connectivity index is 3.19. The first-order chi connectivity index (χ1) is 11.9. The smallest absolute Gasteiger partial charge is 0.305 e. The van der Waals surface area contributed by atoms with Crippen LogP contribution in [0.3, 0.4) is 0 Å². The van der Waals surface area contributed by atoms with Gasteiger partial charge < -0.3 is 4.90 Å². The van der Waals surface area contributed by atoms with E-state index in [1.54, 1.807) is 6.92 Å². The number of nitrogens with zero attached hydrogens (tertiary/aromatic N) is 1. The molecular weight excluding hydrogens is 370 g/mol. The molecule has 0 aliphatic rings. The molecular formula is C17H21F8N. The molecule has 1 nitrogen and oxygen atoms in total. The Morgan fingerprint density at radius 3 is 2.04 bits per heavy atom. The molecule has 0 saturated carbocycles. The zero-order valence-electron chi connectivity index (χ0n) is 14.4. The second kappa shape index (κ2) is 8.43. The molecule has 0 bridgehead atoms. The number of hydrogen-bond donors (Lipinski definition) is 0. The second-order valence-electron chi connectivity index (χ2n) is 5.95. The summed E-state index contributed by atoms with van der Waals surface area (Å²) in [5.74, 6) is -14.1. The van der Waals surface area contributed by atoms with Crippen molar-refractivity contribution < 1.29 is 35.1 Å². The topological polar surface area (TPSA) is 3.24 Å². The van der Waals surface area contributed by atoms with Crippen LogP contribution in [0.2, 0.25) is 0 Å². The van der Waals surface area contributed by atoms with Gasteiger partial charge in [-0.25, -0.2) is 8.78 Å². The minimum atomic E-state index is -5.78. The summed E-state index contributed by atoms with van der Waals surface area (Å²) < 4.78 is 112. The maximum atomic E-state index is 14.3. The Kier molecular flexibility index (Phi) is 7.30. The predicted octanol–water partition coefficient (Wildman–Crippen LogP) is 6.62. The third-order valence-electron chi connectivity index (χ3n) is 4.06. The lowest BCUT2D eigenvalue weighted by molar-refractivity contribution is -0.310. The minimum Gasteiger partial charge on any atom is -0.305 e. The van der Waals surface area contributed by atoms with Gasteiger partial charge in [-0.2, -0.15) is 26.3 Å². The van der Waals surface area contributed by atoms with E-state index in [-0.39, 0.29) is 12.8 Å². The van der Waals surface area contributed by atoms with Crippen LogP contribution in [-0.2, 0) is 0 Å². The third kappa shape index (κ3) is 4.23. The van der Waals surface area contributed by atoms with Crippen molar-refractivity contribution >= 4 is 5.69 Å². The minimum absolute atomic E-state index is 0.198. The van der Waals surface area contributed by atoms with Crippen molar-refractivity contribution in [1.82, 2.24) is 0 Å². The summed E-state index contributed by atoms with van der Waals surface area (Å²) in [6.07, 6.45) is -0.427. The summed E-state index contributed by atoms with van der Waals surface area (Å²) in [6.45, 7) is 1.79. The van der Waals surface area contributed by atoms with Crippen LogP contribution in [0.25, 0.3) is 0 Å². The molecule has 0 saturated heterocycles. The molecule has 0 radical (unpaired) electrons. The van der Waals surface area contributed by atoms with Gasteiger partial charge in [0, 0.05) is 13.0 Å². The molecule has 0 N–H and O–H groups in total. The van der Waals surface area contributed by atoms with Crippen LogP contribution < -0.4 is 4.90 Å². The predicted molar refractivity (Wildman–Crippen MR) is 83.0 cm³/mol. The molecule has 150 valence electrons. The fourth-order valence-corrected chi connectivity index (χ4v) is 2.54. The van der Waals surface area contributed by atoms with Gasteiger partial charge >= 0.3 is 17.9 Å². The monoisotopic (exact) mass is 391 g/mol. The Labute approximate surface area is 147 Å². The summed E-state index contributed by atoms with van der Waals surface area (Å²) in [5.41, 5.74) is -1.21. The molecule has 0 fully saturated rings. The first-order valence-electron chi connectivity index (χ1n) is 8.29. The molecule has 0 aliphatic carbocycles. The van der Waals surface area contributed by atoms with Crippen LogP contribution in [0.5, 0.6) is 0 Å². The van der Waals surface area contributed by atoms with E-state index >= 15 is 0 Å². The highest BCUT2D eigenvalue weighted by Gasteiger charge is 2.73. The van der Waals surface area contributed by atoms with E-state index in [1.165, 1.54) is 0 Å². The lowest BCUT2D eigenvalue weighted by Gasteiger charge is -2.40. The molecule has 0 aromatic heterocycles. The third-order valence-corrected chi connectivity index (χ3v) is 4.06. The summed E-state index contributed by atoms with van der Waals surface area (Å²) in [5, 5.41) is 0. The van der Waals surface area contributed by atoms with Gasteiger partial charge in [-0.05, 0) is 25.5 Å². The van der Waals surface area contributed by atoms with Crippen molar-refractivity contribution in [2.45, 2.75) is 63.8 Å². The Hall–Kier alpha value is -1.54. The lowest BCUT2D eigenvalue weighted by Crippen LogP contribution is -2.62. The van der Waals surface area contributed by atoms with E-state index < -0.39 is 53.1 Å². The number of rotatable bonds is 10. The van der Waals surface area contributed by atoms with Crippen LogP contribution in [0.4, 0.5) is 40.8 Å². The Morgan fingerprint density at radius 1 is 0.885 bits per heavy atom. The molecule has 0 heterocycles. The number of alkyl halides is 6. The highest BCUT2D eigenvalue weighted by atomic mass is 19.3. The summed E-state index contributed by atoms with van der Waals surface area (Å²) in [7, 11) is 0. The fraction of sp³-hybridized carbons (Fsp3) is 0.647. The van der Waals surface area contributed by atoms with Gasteiger partial charge in [0.25, 0.3) is 0 Å². The molecule has 0 unspecified atom stereocenters. The largest absolute Gasteiger partial charge is 0.395 e. The van der Waals surface area contributed by atoms with Crippen LogP contribution in [0, 0.1) is 11.6 Å². The van der Waals surface area contributed by atoms with Gasteiger partial charge in [0.1, 0.15) is 0 Å². The number of halogens is 8. The molecule has 9 heteroatoms. The summed E-state index contributed by atoms with van der Waals surface area (Å²) in [4.78, 5) is -0.536. The fourth-order valence-electron chi connectivity index (χ4n) is 2.54. The van der Waals surface area contributed by atoms with Gasteiger partial charge in [0.05, 0.1) is 5.69 Å². The zero-order chi connectivity index (χ0) is 20.2. The van der Waals surface area contributed by atoms with E-state index in [0.29, 0.717) is 25.0 Å². The normalized spacial score (nSPS) is 13.2. The van der Waals surface area contributed by atoms with E-state index in [1.807, 2.05) is 0 Å². The first kappa shape index (κ1) is 22.5. The highest BCUT2D eigenvalue weighted by Crippen LogP contribution is 2.50. The van der Waals surface area contributed by atoms with Crippen LogP contribution >= 0.6 is 0 Å². The maximum Gasteiger partial charge on any atom is 0.395 e. The van der Waals surface area contributed by atoms with E-state index in [4.69, 9.17) is 0 Å². The van der Waals surface area contributed by atoms with Gasteiger partial charge in [0.15, 0.2) is 11.6 Å². The zero-order valence-corrected chi connectivity index (χ0v) is 14.4. The van der Waals surface area contributed by atoms with Crippen molar-refractivity contribution in [3.8, 4) is 0 Å². The van der Waals surface area contributed by atoms with Gasteiger partial charge in [-0.3, -0.25) is 0 Å². The Bertz CT molecular complexity index is 588. The van der Waals surface area contributed by atoms with E-state index in [0.717, 1.165) is 13.0 Å². The van der Waals surface area contributed by atoms with Crippen LogP contribution in [0.15, 0.2) is 18.2 Å². The number of hydrogen-bond acceptors (Lipinski definition) is 1. The first-order valence-corrected chi connectivity index (χ1v) is 8.29. The summed E-state index contributed by atoms with van der Waals surface area (Å²) >= 11 is 0. The molecule has 1 aromatic rings. The van der Waals surface area contributed by atoms with Crippen LogP contribution in [-0.4, -0.2) is 24.4 Å². The molecule has 1 rings (SSSR count). The molecule has 0 amide bonds. The average Bonchev–Trinajstić information content (AvgIpc) is 2.55. The van der Waals surface area contributed by atoms with E-state index in [9.17, 15) is 35.1 Å². The van der Waals surface area contributed by atoms with Crippen molar-refractivity contribution in [2.24, 2.45) is 0 Å². The maximum absolute atomic E-state index is 14.3. The molecule has 26 heavy (non-hydrogen) atoms. The van der Waals surface area contributed by atoms with Gasteiger partial charge in [-0.1, -0.05) is 32.3 Å². The highest BCUT2D eigenvalue weighted by molar-refractivity contribution is 5.50. The molecule has 0 aliphatic heterocycles. The number of unbranched alkanes of at least 4 members (excludes halogenated alkanes) is 3. The van der Waals surface area contributed by atoms with Crippen molar-refractivity contribution in [1.29, 1.82) is 0 Å². The Morgan fingerprint density at radius 2 is 1.50 bits per heavy atom. The van der Waals surface area contributed by atoms with Gasteiger partial charge in [0.2, 0.25) is 0 Å². The number of benzene rings is 1. The average molecular weight is 391 g/mol. The van der Waals surface area contributed by atoms with Gasteiger partial charge in [-0.15, -0.1) is 0 Å². The van der Waals surface area contributed by atoms with Crippen molar-refractivity contribution in [2.75, 3.05) is 11.4 Å². The second-order valence-corrected chi connectivity index (χ2v) is 5.95. The van der Waals surface area contributed by atoms with E-state index in [2.05, 4.69) is 0 Å².